The van der Waals surface area contributed by atoms with Crippen LogP contribution in [0, 0.1) is 0 Å². The molecule has 0 radical (unpaired) electrons. The summed E-state index contributed by atoms with van der Waals surface area (Å²) < 4.78 is 5.23. The zero-order chi connectivity index (χ0) is 9.97. The highest BCUT2D eigenvalue weighted by molar-refractivity contribution is 5.79. The lowest BCUT2D eigenvalue weighted by Gasteiger charge is -2.06. The molecule has 2 rings (SSSR count). The number of hydrogen-bond donors (Lipinski definition) is 0. The van der Waals surface area contributed by atoms with Gasteiger partial charge in [0.05, 0.1) is 6.26 Å². The summed E-state index contributed by atoms with van der Waals surface area (Å²) in [7, 11) is 0. The molecule has 0 saturated carbocycles. The van der Waals surface area contributed by atoms with Crippen LogP contribution in [0.15, 0.2) is 34.9 Å². The number of benzene rings is 1. The first-order valence-electron chi connectivity index (χ1n) is 4.77. The van der Waals surface area contributed by atoms with E-state index < -0.39 is 0 Å². The molecule has 0 aliphatic carbocycles. The van der Waals surface area contributed by atoms with E-state index in [1.54, 1.807) is 6.26 Å². The number of carbonyl (C=O) groups excluding carboxylic acids is 1. The number of hydrogen-bond acceptors (Lipinski definition) is 2. The molecule has 2 aromatic rings. The van der Waals surface area contributed by atoms with Gasteiger partial charge >= 0.3 is 0 Å². The fraction of sp³-hybridized carbons (Fsp3) is 0.250. The molecule has 2 nitrogen and oxygen atoms in total. The van der Waals surface area contributed by atoms with Crippen molar-refractivity contribution in [1.29, 1.82) is 0 Å². The van der Waals surface area contributed by atoms with E-state index in [1.807, 2.05) is 31.2 Å². The second-order valence-electron chi connectivity index (χ2n) is 3.37. The van der Waals surface area contributed by atoms with Crippen molar-refractivity contribution in [3.05, 3.63) is 36.1 Å². The number of furan rings is 1. The van der Waals surface area contributed by atoms with Crippen molar-refractivity contribution in [2.45, 2.75) is 19.3 Å². The summed E-state index contributed by atoms with van der Waals surface area (Å²) in [5.74, 6) is 0.00861. The van der Waals surface area contributed by atoms with E-state index >= 15 is 0 Å². The predicted octanol–water partition coefficient (Wildman–Crippen LogP) is 3.13. The molecular weight excluding hydrogens is 176 g/mol. The van der Waals surface area contributed by atoms with Crippen LogP contribution in [0.3, 0.4) is 0 Å². The van der Waals surface area contributed by atoms with Gasteiger partial charge in [0.25, 0.3) is 0 Å². The van der Waals surface area contributed by atoms with E-state index in [4.69, 9.17) is 4.42 Å². The molecule has 0 N–H and O–H groups in total. The summed E-state index contributed by atoms with van der Waals surface area (Å²) in [4.78, 5) is 10.8. The molecule has 0 aliphatic heterocycles. The van der Waals surface area contributed by atoms with Crippen LogP contribution in [0.5, 0.6) is 0 Å². The normalized spacial score (nSPS) is 12.9. The van der Waals surface area contributed by atoms with E-state index in [0.717, 1.165) is 29.2 Å². The fourth-order valence-electron chi connectivity index (χ4n) is 1.63. The van der Waals surface area contributed by atoms with Gasteiger partial charge in [-0.3, -0.25) is 0 Å². The molecule has 0 spiro atoms. The van der Waals surface area contributed by atoms with E-state index in [9.17, 15) is 4.79 Å². The largest absolute Gasteiger partial charge is 0.464 e. The second-order valence-corrected chi connectivity index (χ2v) is 3.37. The minimum absolute atomic E-state index is 0.00861. The Balaban J connectivity index is 2.47. The van der Waals surface area contributed by atoms with E-state index in [2.05, 4.69) is 0 Å². The van der Waals surface area contributed by atoms with Gasteiger partial charge in [-0.15, -0.1) is 0 Å². The standard InChI is InChI=1S/C12H12O2/c1-2-9(8-13)10-3-4-12-11(7-10)5-6-14-12/h3-9H,2H2,1H3. The molecule has 1 aromatic heterocycles. The van der Waals surface area contributed by atoms with Gasteiger partial charge in [0, 0.05) is 11.3 Å². The smallest absolute Gasteiger partial charge is 0.133 e. The zero-order valence-electron chi connectivity index (χ0n) is 8.07. The van der Waals surface area contributed by atoms with Gasteiger partial charge in [-0.05, 0) is 30.2 Å². The highest BCUT2D eigenvalue weighted by Gasteiger charge is 2.08. The summed E-state index contributed by atoms with van der Waals surface area (Å²) in [5, 5.41) is 1.06. The van der Waals surface area contributed by atoms with Gasteiger partial charge in [0.2, 0.25) is 0 Å². The Morgan fingerprint density at radius 2 is 2.29 bits per heavy atom. The van der Waals surface area contributed by atoms with Crippen molar-refractivity contribution >= 4 is 17.3 Å². The van der Waals surface area contributed by atoms with E-state index in [1.165, 1.54) is 0 Å². The highest BCUT2D eigenvalue weighted by atomic mass is 16.3. The number of fused-ring (bicyclic) bond motifs is 1. The molecule has 72 valence electrons. The molecule has 2 heteroatoms. The predicted molar refractivity (Wildman–Crippen MR) is 55.3 cm³/mol. The van der Waals surface area contributed by atoms with Crippen LogP contribution in [0.2, 0.25) is 0 Å². The highest BCUT2D eigenvalue weighted by Crippen LogP contribution is 2.23. The third-order valence-electron chi connectivity index (χ3n) is 2.51. The molecule has 0 amide bonds. The van der Waals surface area contributed by atoms with E-state index in [-0.39, 0.29) is 5.92 Å². The fourth-order valence-corrected chi connectivity index (χ4v) is 1.63. The third kappa shape index (κ3) is 1.43. The lowest BCUT2D eigenvalue weighted by molar-refractivity contribution is -0.109. The minimum atomic E-state index is 0.00861. The molecule has 1 unspecified atom stereocenters. The maximum absolute atomic E-state index is 10.8. The van der Waals surface area contributed by atoms with Crippen LogP contribution in [-0.2, 0) is 4.79 Å². The molecule has 0 fully saturated rings. The Bertz CT molecular complexity index is 442. The first-order chi connectivity index (χ1) is 6.85. The zero-order valence-corrected chi connectivity index (χ0v) is 8.07. The van der Waals surface area contributed by atoms with Crippen LogP contribution in [0.25, 0.3) is 11.0 Å². The summed E-state index contributed by atoms with van der Waals surface area (Å²) in [5.41, 5.74) is 1.94. The first kappa shape index (κ1) is 9.00. The van der Waals surface area contributed by atoms with Gasteiger partial charge in [0.15, 0.2) is 0 Å². The number of aldehydes is 1. The number of carbonyl (C=O) groups is 1. The topological polar surface area (TPSA) is 30.2 Å². The quantitative estimate of drug-likeness (QED) is 0.693. The summed E-state index contributed by atoms with van der Waals surface area (Å²) in [6.07, 6.45) is 3.50. The molecule has 14 heavy (non-hydrogen) atoms. The summed E-state index contributed by atoms with van der Waals surface area (Å²) in [6, 6.07) is 7.79. The molecule has 1 heterocycles. The Morgan fingerprint density at radius 3 is 3.00 bits per heavy atom. The Hall–Kier alpha value is -1.57. The van der Waals surface area contributed by atoms with Crippen molar-refractivity contribution < 1.29 is 9.21 Å². The van der Waals surface area contributed by atoms with Crippen molar-refractivity contribution in [3.63, 3.8) is 0 Å². The molecule has 0 aliphatic rings. The van der Waals surface area contributed by atoms with Gasteiger partial charge < -0.3 is 9.21 Å². The van der Waals surface area contributed by atoms with Crippen molar-refractivity contribution in [3.8, 4) is 0 Å². The Labute approximate surface area is 82.5 Å². The average molecular weight is 188 g/mol. The van der Waals surface area contributed by atoms with Crippen molar-refractivity contribution in [2.24, 2.45) is 0 Å². The molecular formula is C12H12O2. The maximum Gasteiger partial charge on any atom is 0.133 e. The van der Waals surface area contributed by atoms with Crippen LogP contribution in [-0.4, -0.2) is 6.29 Å². The molecule has 1 aromatic carbocycles. The molecule has 1 atom stereocenters. The summed E-state index contributed by atoms with van der Waals surface area (Å²) >= 11 is 0. The second kappa shape index (κ2) is 3.66. The van der Waals surface area contributed by atoms with Gasteiger partial charge in [-0.25, -0.2) is 0 Å². The maximum atomic E-state index is 10.8. The van der Waals surface area contributed by atoms with Gasteiger partial charge in [0.1, 0.15) is 11.9 Å². The third-order valence-corrected chi connectivity index (χ3v) is 2.51. The van der Waals surface area contributed by atoms with Crippen LogP contribution in [0.4, 0.5) is 0 Å². The SMILES string of the molecule is CCC(C=O)c1ccc2occc2c1. The van der Waals surface area contributed by atoms with E-state index in [0.29, 0.717) is 0 Å². The summed E-state index contributed by atoms with van der Waals surface area (Å²) in [6.45, 7) is 2.01. The van der Waals surface area contributed by atoms with Crippen LogP contribution >= 0.6 is 0 Å². The first-order valence-corrected chi connectivity index (χ1v) is 4.77. The van der Waals surface area contributed by atoms with Crippen molar-refractivity contribution in [1.82, 2.24) is 0 Å². The van der Waals surface area contributed by atoms with Gasteiger partial charge in [-0.1, -0.05) is 13.0 Å². The lowest BCUT2D eigenvalue weighted by Crippen LogP contribution is -1.97. The Kier molecular flexibility index (Phi) is 2.35. The lowest BCUT2D eigenvalue weighted by atomic mass is 9.97. The van der Waals surface area contributed by atoms with Gasteiger partial charge in [-0.2, -0.15) is 0 Å². The van der Waals surface area contributed by atoms with Crippen LogP contribution in [0.1, 0.15) is 24.8 Å². The average Bonchev–Trinajstić information content (AvgIpc) is 2.66. The minimum Gasteiger partial charge on any atom is -0.464 e. The molecule has 0 bridgehead atoms. The Morgan fingerprint density at radius 1 is 1.43 bits per heavy atom. The monoisotopic (exact) mass is 188 g/mol. The van der Waals surface area contributed by atoms with Crippen LogP contribution < -0.4 is 0 Å². The van der Waals surface area contributed by atoms with Crippen molar-refractivity contribution in [2.75, 3.05) is 0 Å². The number of rotatable bonds is 3. The molecule has 0 saturated heterocycles.